The number of hydrogen-bond donors (Lipinski definition) is 2. The summed E-state index contributed by atoms with van der Waals surface area (Å²) in [6, 6.07) is 5.85. The van der Waals surface area contributed by atoms with Gasteiger partial charge in [-0.1, -0.05) is 11.6 Å². The van der Waals surface area contributed by atoms with Crippen LogP contribution >= 0.6 is 11.6 Å². The molecule has 0 bridgehead atoms. The van der Waals surface area contributed by atoms with Gasteiger partial charge in [0.1, 0.15) is 5.75 Å². The summed E-state index contributed by atoms with van der Waals surface area (Å²) in [7, 11) is 1.67. The van der Waals surface area contributed by atoms with Crippen molar-refractivity contribution < 1.29 is 4.74 Å². The van der Waals surface area contributed by atoms with Gasteiger partial charge in [-0.3, -0.25) is 0 Å². The molecule has 0 amide bonds. The molecular formula is C14H17ClN2O. The van der Waals surface area contributed by atoms with E-state index in [9.17, 15) is 0 Å². The molecule has 18 heavy (non-hydrogen) atoms. The van der Waals surface area contributed by atoms with Crippen molar-refractivity contribution in [3.63, 3.8) is 0 Å². The standard InChI is InChI=1S/C14H17ClN2O/c1-9-5-11(15)6-12(14(9)18-2)13(7-16)10-3-4-17-8-10/h3-6,8,13,17H,7,16H2,1-2H3. The lowest BCUT2D eigenvalue weighted by Gasteiger charge is -2.19. The first-order valence-electron chi connectivity index (χ1n) is 5.84. The number of nitrogens with two attached hydrogens (primary N) is 1. The molecule has 3 N–H and O–H groups in total. The molecule has 0 aliphatic rings. The van der Waals surface area contributed by atoms with Gasteiger partial charge in [-0.2, -0.15) is 0 Å². The van der Waals surface area contributed by atoms with Gasteiger partial charge < -0.3 is 15.5 Å². The van der Waals surface area contributed by atoms with Gasteiger partial charge in [0, 0.05) is 35.4 Å². The maximum Gasteiger partial charge on any atom is 0.125 e. The van der Waals surface area contributed by atoms with E-state index >= 15 is 0 Å². The number of H-pyrrole nitrogens is 1. The second-order valence-electron chi connectivity index (χ2n) is 4.28. The smallest absolute Gasteiger partial charge is 0.125 e. The number of benzene rings is 1. The molecule has 0 aliphatic heterocycles. The van der Waals surface area contributed by atoms with Gasteiger partial charge in [-0.15, -0.1) is 0 Å². The van der Waals surface area contributed by atoms with Crippen molar-refractivity contribution in [2.24, 2.45) is 5.73 Å². The highest BCUT2D eigenvalue weighted by Gasteiger charge is 2.19. The Labute approximate surface area is 112 Å². The van der Waals surface area contributed by atoms with Gasteiger partial charge in [-0.25, -0.2) is 0 Å². The number of methoxy groups -OCH3 is 1. The van der Waals surface area contributed by atoms with E-state index in [0.717, 1.165) is 22.4 Å². The number of aromatic nitrogens is 1. The number of halogens is 1. The average Bonchev–Trinajstić information content (AvgIpc) is 2.83. The molecule has 0 aliphatic carbocycles. The lowest BCUT2D eigenvalue weighted by Crippen LogP contribution is -2.14. The van der Waals surface area contributed by atoms with Crippen LogP contribution in [0.25, 0.3) is 0 Å². The molecule has 96 valence electrons. The zero-order chi connectivity index (χ0) is 13.1. The van der Waals surface area contributed by atoms with Crippen LogP contribution in [0.15, 0.2) is 30.6 Å². The van der Waals surface area contributed by atoms with E-state index < -0.39 is 0 Å². The summed E-state index contributed by atoms with van der Waals surface area (Å²) >= 11 is 6.14. The monoisotopic (exact) mass is 264 g/mol. The summed E-state index contributed by atoms with van der Waals surface area (Å²) < 4.78 is 5.49. The highest BCUT2D eigenvalue weighted by Crippen LogP contribution is 2.35. The molecule has 1 aromatic carbocycles. The summed E-state index contributed by atoms with van der Waals surface area (Å²) in [6.07, 6.45) is 3.84. The SMILES string of the molecule is COc1c(C)cc(Cl)cc1C(CN)c1cc[nH]c1. The van der Waals surface area contributed by atoms with Gasteiger partial charge in [0.2, 0.25) is 0 Å². The normalized spacial score (nSPS) is 12.4. The molecule has 2 aromatic rings. The molecule has 1 heterocycles. The Bertz CT molecular complexity index is 523. The number of ether oxygens (including phenoxy) is 1. The van der Waals surface area contributed by atoms with E-state index in [0.29, 0.717) is 11.6 Å². The van der Waals surface area contributed by atoms with Crippen LogP contribution in [-0.4, -0.2) is 18.6 Å². The van der Waals surface area contributed by atoms with Gasteiger partial charge >= 0.3 is 0 Å². The minimum atomic E-state index is 0.0867. The van der Waals surface area contributed by atoms with Crippen LogP contribution < -0.4 is 10.5 Å². The zero-order valence-electron chi connectivity index (χ0n) is 10.5. The Balaban J connectivity index is 2.54. The quantitative estimate of drug-likeness (QED) is 0.892. The number of aryl methyl sites for hydroxylation is 1. The molecule has 0 radical (unpaired) electrons. The molecule has 0 fully saturated rings. The van der Waals surface area contributed by atoms with Crippen molar-refractivity contribution in [3.05, 3.63) is 52.3 Å². The molecular weight excluding hydrogens is 248 g/mol. The van der Waals surface area contributed by atoms with Gasteiger partial charge in [0.15, 0.2) is 0 Å². The Kier molecular flexibility index (Phi) is 3.94. The largest absolute Gasteiger partial charge is 0.496 e. The van der Waals surface area contributed by atoms with E-state index in [4.69, 9.17) is 22.1 Å². The first-order chi connectivity index (χ1) is 8.67. The molecule has 0 saturated heterocycles. The number of rotatable bonds is 4. The Morgan fingerprint density at radius 1 is 1.44 bits per heavy atom. The van der Waals surface area contributed by atoms with Crippen LogP contribution in [-0.2, 0) is 0 Å². The molecule has 4 heteroatoms. The van der Waals surface area contributed by atoms with Crippen LogP contribution in [0.1, 0.15) is 22.6 Å². The first-order valence-corrected chi connectivity index (χ1v) is 6.22. The maximum atomic E-state index is 6.14. The minimum Gasteiger partial charge on any atom is -0.496 e. The maximum absolute atomic E-state index is 6.14. The van der Waals surface area contributed by atoms with Gasteiger partial charge in [-0.05, 0) is 36.2 Å². The Hall–Kier alpha value is -1.45. The summed E-state index contributed by atoms with van der Waals surface area (Å²) in [5.74, 6) is 0.944. The second-order valence-corrected chi connectivity index (χ2v) is 4.71. The highest BCUT2D eigenvalue weighted by atomic mass is 35.5. The van der Waals surface area contributed by atoms with Crippen molar-refractivity contribution in [1.82, 2.24) is 4.98 Å². The zero-order valence-corrected chi connectivity index (χ0v) is 11.3. The fourth-order valence-corrected chi connectivity index (χ4v) is 2.57. The van der Waals surface area contributed by atoms with E-state index in [1.54, 1.807) is 7.11 Å². The van der Waals surface area contributed by atoms with Crippen molar-refractivity contribution in [2.45, 2.75) is 12.8 Å². The van der Waals surface area contributed by atoms with Crippen LogP contribution in [0, 0.1) is 6.92 Å². The average molecular weight is 265 g/mol. The fraction of sp³-hybridized carbons (Fsp3) is 0.286. The lowest BCUT2D eigenvalue weighted by molar-refractivity contribution is 0.404. The third-order valence-electron chi connectivity index (χ3n) is 3.11. The third kappa shape index (κ3) is 2.37. The van der Waals surface area contributed by atoms with Crippen molar-refractivity contribution >= 4 is 11.6 Å². The van der Waals surface area contributed by atoms with Crippen LogP contribution in [0.2, 0.25) is 5.02 Å². The van der Waals surface area contributed by atoms with E-state index in [2.05, 4.69) is 4.98 Å². The molecule has 1 atom stereocenters. The molecule has 3 nitrogen and oxygen atoms in total. The number of nitrogens with one attached hydrogen (secondary N) is 1. The van der Waals surface area contributed by atoms with Crippen molar-refractivity contribution in [2.75, 3.05) is 13.7 Å². The predicted molar refractivity (Wildman–Crippen MR) is 74.4 cm³/mol. The van der Waals surface area contributed by atoms with E-state index in [1.807, 2.05) is 37.5 Å². The second kappa shape index (κ2) is 5.46. The fourth-order valence-electron chi connectivity index (χ4n) is 2.29. The summed E-state index contributed by atoms with van der Waals surface area (Å²) in [4.78, 5) is 3.05. The van der Waals surface area contributed by atoms with E-state index in [1.165, 1.54) is 0 Å². The van der Waals surface area contributed by atoms with Crippen LogP contribution in [0.4, 0.5) is 0 Å². The van der Waals surface area contributed by atoms with Crippen LogP contribution in [0.5, 0.6) is 5.75 Å². The Morgan fingerprint density at radius 3 is 2.78 bits per heavy atom. The lowest BCUT2D eigenvalue weighted by atomic mass is 9.91. The molecule has 0 saturated carbocycles. The molecule has 1 unspecified atom stereocenters. The Morgan fingerprint density at radius 2 is 2.22 bits per heavy atom. The first kappa shape index (κ1) is 13.0. The van der Waals surface area contributed by atoms with Crippen LogP contribution in [0.3, 0.4) is 0 Å². The highest BCUT2D eigenvalue weighted by molar-refractivity contribution is 6.30. The van der Waals surface area contributed by atoms with Crippen molar-refractivity contribution in [3.8, 4) is 5.75 Å². The minimum absolute atomic E-state index is 0.0867. The number of hydrogen-bond acceptors (Lipinski definition) is 2. The molecule has 1 aromatic heterocycles. The summed E-state index contributed by atoms with van der Waals surface area (Å²) in [6.45, 7) is 2.49. The summed E-state index contributed by atoms with van der Waals surface area (Å²) in [5, 5.41) is 0.706. The predicted octanol–water partition coefficient (Wildman–Crippen LogP) is 3.08. The molecule has 2 rings (SSSR count). The molecule has 0 spiro atoms. The number of aromatic amines is 1. The van der Waals surface area contributed by atoms with Gasteiger partial charge in [0.05, 0.1) is 7.11 Å². The third-order valence-corrected chi connectivity index (χ3v) is 3.33. The van der Waals surface area contributed by atoms with Gasteiger partial charge in [0.25, 0.3) is 0 Å². The summed E-state index contributed by atoms with van der Waals surface area (Å²) in [5.41, 5.74) is 9.10. The van der Waals surface area contributed by atoms with E-state index in [-0.39, 0.29) is 5.92 Å². The topological polar surface area (TPSA) is 51.0 Å². The van der Waals surface area contributed by atoms with Crippen molar-refractivity contribution in [1.29, 1.82) is 0 Å².